The molecule has 6 heteroatoms. The molecule has 0 radical (unpaired) electrons. The van der Waals surface area contributed by atoms with Crippen LogP contribution in [0.2, 0.25) is 0 Å². The maximum absolute atomic E-state index is 5.79. The van der Waals surface area contributed by atoms with Gasteiger partial charge >= 0.3 is 0 Å². The molecule has 146 valence electrons. The third-order valence-corrected chi connectivity index (χ3v) is 4.93. The Morgan fingerprint density at radius 3 is 2.88 bits per heavy atom. The minimum atomic E-state index is 0.302. The number of likely N-dealkylation sites (tertiary alicyclic amines) is 1. The van der Waals surface area contributed by atoms with E-state index in [4.69, 9.17) is 9.47 Å². The van der Waals surface area contributed by atoms with Crippen LogP contribution in [-0.4, -0.2) is 76.1 Å². The molecular formula is C19H38N4O2. The number of nitrogens with zero attached hydrogens (tertiary/aromatic N) is 2. The zero-order valence-corrected chi connectivity index (χ0v) is 16.4. The van der Waals surface area contributed by atoms with Crippen LogP contribution in [0, 0.1) is 5.92 Å². The second-order valence-corrected chi connectivity index (χ2v) is 7.63. The van der Waals surface area contributed by atoms with Gasteiger partial charge in [-0.3, -0.25) is 9.89 Å². The zero-order chi connectivity index (χ0) is 17.9. The van der Waals surface area contributed by atoms with Crippen molar-refractivity contribution in [3.05, 3.63) is 0 Å². The molecule has 2 N–H and O–H groups in total. The van der Waals surface area contributed by atoms with E-state index < -0.39 is 0 Å². The first kappa shape index (κ1) is 20.5. The molecule has 0 saturated carbocycles. The molecule has 2 rings (SSSR count). The number of nitrogens with one attached hydrogen (secondary N) is 2. The fraction of sp³-hybridized carbons (Fsp3) is 0.947. The summed E-state index contributed by atoms with van der Waals surface area (Å²) in [6.45, 7) is 11.3. The number of hydrogen-bond acceptors (Lipinski definition) is 4. The lowest BCUT2D eigenvalue weighted by molar-refractivity contribution is 0.0420. The van der Waals surface area contributed by atoms with E-state index in [1.807, 2.05) is 7.05 Å². The Kier molecular flexibility index (Phi) is 9.58. The summed E-state index contributed by atoms with van der Waals surface area (Å²) in [7, 11) is 1.84. The Balaban J connectivity index is 1.60. The minimum absolute atomic E-state index is 0.302. The van der Waals surface area contributed by atoms with Gasteiger partial charge in [0.2, 0.25) is 0 Å². The molecule has 6 nitrogen and oxygen atoms in total. The predicted molar refractivity (Wildman–Crippen MR) is 103 cm³/mol. The zero-order valence-electron chi connectivity index (χ0n) is 16.4. The van der Waals surface area contributed by atoms with Crippen LogP contribution in [0.1, 0.15) is 46.0 Å². The van der Waals surface area contributed by atoms with Gasteiger partial charge in [-0.05, 0) is 38.1 Å². The molecule has 0 aromatic rings. The van der Waals surface area contributed by atoms with Crippen molar-refractivity contribution in [3.63, 3.8) is 0 Å². The lowest BCUT2D eigenvalue weighted by Crippen LogP contribution is -2.50. The number of rotatable bonds is 9. The molecule has 0 bridgehead atoms. The first-order valence-electron chi connectivity index (χ1n) is 10.1. The van der Waals surface area contributed by atoms with Crippen LogP contribution in [0.5, 0.6) is 0 Å². The summed E-state index contributed by atoms with van der Waals surface area (Å²) in [6.07, 6.45) is 6.28. The summed E-state index contributed by atoms with van der Waals surface area (Å²) in [5.74, 6) is 1.63. The smallest absolute Gasteiger partial charge is 0.191 e. The van der Waals surface area contributed by atoms with Gasteiger partial charge in [-0.1, -0.05) is 20.3 Å². The quantitative estimate of drug-likeness (QED) is 0.376. The number of aliphatic imine (C=N–C) groups is 1. The van der Waals surface area contributed by atoms with Gasteiger partial charge in [0, 0.05) is 45.9 Å². The van der Waals surface area contributed by atoms with Gasteiger partial charge in [-0.25, -0.2) is 0 Å². The third-order valence-electron chi connectivity index (χ3n) is 4.93. The lowest BCUT2D eigenvalue weighted by Gasteiger charge is -2.37. The molecule has 2 saturated heterocycles. The molecule has 2 aliphatic heterocycles. The van der Waals surface area contributed by atoms with Gasteiger partial charge in [0.05, 0.1) is 12.7 Å². The summed E-state index contributed by atoms with van der Waals surface area (Å²) >= 11 is 0. The molecule has 0 amide bonds. The van der Waals surface area contributed by atoms with Crippen LogP contribution < -0.4 is 10.6 Å². The molecule has 0 aromatic carbocycles. The van der Waals surface area contributed by atoms with Crippen molar-refractivity contribution in [1.29, 1.82) is 0 Å². The highest BCUT2D eigenvalue weighted by Crippen LogP contribution is 2.17. The van der Waals surface area contributed by atoms with Crippen LogP contribution in [0.4, 0.5) is 0 Å². The topological polar surface area (TPSA) is 58.1 Å². The molecule has 2 aliphatic rings. The Bertz CT molecular complexity index is 384. The molecule has 0 aromatic heterocycles. The SMILES string of the molecule is CN=C(NCCCOC1CCOC1)NCC1CCCCN1CC(C)C. The van der Waals surface area contributed by atoms with E-state index in [0.29, 0.717) is 12.1 Å². The Hall–Kier alpha value is -0.850. The molecule has 0 aliphatic carbocycles. The van der Waals surface area contributed by atoms with Crippen LogP contribution in [-0.2, 0) is 9.47 Å². The average molecular weight is 355 g/mol. The maximum Gasteiger partial charge on any atom is 0.191 e. The largest absolute Gasteiger partial charge is 0.379 e. The Morgan fingerprint density at radius 2 is 2.16 bits per heavy atom. The predicted octanol–water partition coefficient (Wildman–Crippen LogP) is 1.86. The second kappa shape index (κ2) is 11.7. The standard InChI is InChI=1S/C19H38N4O2/c1-16(2)14-23-10-5-4-7-17(23)13-22-19(20-3)21-9-6-11-25-18-8-12-24-15-18/h16-18H,4-15H2,1-3H3,(H2,20,21,22). The van der Waals surface area contributed by atoms with E-state index in [1.54, 1.807) is 0 Å². The highest BCUT2D eigenvalue weighted by Gasteiger charge is 2.22. The minimum Gasteiger partial charge on any atom is -0.379 e. The summed E-state index contributed by atoms with van der Waals surface area (Å²) < 4.78 is 11.1. The summed E-state index contributed by atoms with van der Waals surface area (Å²) in [5, 5.41) is 6.91. The van der Waals surface area contributed by atoms with Crippen molar-refractivity contribution in [2.75, 3.05) is 53.0 Å². The maximum atomic E-state index is 5.79. The van der Waals surface area contributed by atoms with Crippen molar-refractivity contribution in [3.8, 4) is 0 Å². The van der Waals surface area contributed by atoms with Crippen molar-refractivity contribution >= 4 is 5.96 Å². The molecule has 0 spiro atoms. The first-order chi connectivity index (χ1) is 12.2. The number of guanidine groups is 1. The fourth-order valence-electron chi connectivity index (χ4n) is 3.61. The van der Waals surface area contributed by atoms with Gasteiger partial charge in [0.15, 0.2) is 5.96 Å². The normalized spacial score (nSPS) is 25.5. The van der Waals surface area contributed by atoms with Crippen LogP contribution in [0.15, 0.2) is 4.99 Å². The average Bonchev–Trinajstić information content (AvgIpc) is 3.11. The van der Waals surface area contributed by atoms with E-state index in [0.717, 1.165) is 57.6 Å². The highest BCUT2D eigenvalue weighted by atomic mass is 16.5. The number of hydrogen-bond donors (Lipinski definition) is 2. The monoisotopic (exact) mass is 354 g/mol. The summed E-state index contributed by atoms with van der Waals surface area (Å²) in [6, 6.07) is 0.625. The molecular weight excluding hydrogens is 316 g/mol. The van der Waals surface area contributed by atoms with Gasteiger partial charge in [0.25, 0.3) is 0 Å². The lowest BCUT2D eigenvalue weighted by atomic mass is 10.0. The Labute approximate surface area is 153 Å². The third kappa shape index (κ3) is 7.92. The summed E-state index contributed by atoms with van der Waals surface area (Å²) in [5.41, 5.74) is 0. The molecule has 2 atom stereocenters. The van der Waals surface area contributed by atoms with Gasteiger partial charge in [-0.2, -0.15) is 0 Å². The van der Waals surface area contributed by atoms with Gasteiger partial charge < -0.3 is 20.1 Å². The van der Waals surface area contributed by atoms with Crippen molar-refractivity contribution in [2.24, 2.45) is 10.9 Å². The van der Waals surface area contributed by atoms with Gasteiger partial charge in [-0.15, -0.1) is 0 Å². The molecule has 2 unspecified atom stereocenters. The highest BCUT2D eigenvalue weighted by molar-refractivity contribution is 5.79. The number of piperidine rings is 1. The van der Waals surface area contributed by atoms with E-state index in [2.05, 4.69) is 34.4 Å². The van der Waals surface area contributed by atoms with Gasteiger partial charge in [0.1, 0.15) is 0 Å². The van der Waals surface area contributed by atoms with E-state index >= 15 is 0 Å². The van der Waals surface area contributed by atoms with Crippen LogP contribution >= 0.6 is 0 Å². The fourth-order valence-corrected chi connectivity index (χ4v) is 3.61. The van der Waals surface area contributed by atoms with Crippen LogP contribution in [0.3, 0.4) is 0 Å². The van der Waals surface area contributed by atoms with E-state index in [1.165, 1.54) is 32.4 Å². The van der Waals surface area contributed by atoms with E-state index in [-0.39, 0.29) is 0 Å². The van der Waals surface area contributed by atoms with E-state index in [9.17, 15) is 0 Å². The molecule has 2 heterocycles. The second-order valence-electron chi connectivity index (χ2n) is 7.63. The summed E-state index contributed by atoms with van der Waals surface area (Å²) in [4.78, 5) is 6.99. The van der Waals surface area contributed by atoms with Crippen molar-refractivity contribution in [1.82, 2.24) is 15.5 Å². The van der Waals surface area contributed by atoms with Crippen molar-refractivity contribution in [2.45, 2.75) is 58.1 Å². The Morgan fingerprint density at radius 1 is 1.28 bits per heavy atom. The van der Waals surface area contributed by atoms with Crippen molar-refractivity contribution < 1.29 is 9.47 Å². The molecule has 25 heavy (non-hydrogen) atoms. The molecule has 2 fully saturated rings. The number of ether oxygens (including phenoxy) is 2. The van der Waals surface area contributed by atoms with Crippen LogP contribution in [0.25, 0.3) is 0 Å². The first-order valence-corrected chi connectivity index (χ1v) is 10.1.